The third-order valence-corrected chi connectivity index (χ3v) is 3.96. The van der Waals surface area contributed by atoms with E-state index in [-0.39, 0.29) is 11.5 Å². The number of amides is 1. The van der Waals surface area contributed by atoms with E-state index in [1.54, 1.807) is 48.5 Å². The van der Waals surface area contributed by atoms with Crippen LogP contribution in [-0.4, -0.2) is 5.91 Å². The summed E-state index contributed by atoms with van der Waals surface area (Å²) in [6.07, 6.45) is 0. The molecule has 0 bridgehead atoms. The molecule has 3 aromatic rings. The first kappa shape index (κ1) is 18.5. The minimum atomic E-state index is -0.189. The van der Waals surface area contributed by atoms with E-state index >= 15 is 0 Å². The highest BCUT2D eigenvalue weighted by molar-refractivity contribution is 6.04. The number of anilines is 1. The Labute approximate surface area is 162 Å². The molecular formula is C22H15N5O. The van der Waals surface area contributed by atoms with Gasteiger partial charge in [0.15, 0.2) is 0 Å². The van der Waals surface area contributed by atoms with Crippen molar-refractivity contribution in [2.75, 3.05) is 5.32 Å². The van der Waals surface area contributed by atoms with E-state index in [0.29, 0.717) is 28.2 Å². The maximum absolute atomic E-state index is 12.2. The lowest BCUT2D eigenvalue weighted by Crippen LogP contribution is -2.11. The Bertz CT molecular complexity index is 1120. The van der Waals surface area contributed by atoms with Gasteiger partial charge in [-0.1, -0.05) is 17.7 Å². The Morgan fingerprint density at radius 2 is 1.61 bits per heavy atom. The third kappa shape index (κ3) is 4.46. The molecule has 0 atom stereocenters. The molecule has 6 nitrogen and oxygen atoms in total. The van der Waals surface area contributed by atoms with Crippen molar-refractivity contribution in [3.8, 4) is 12.1 Å². The number of azo groups is 1. The number of nitriles is 2. The molecule has 0 saturated carbocycles. The fourth-order valence-corrected chi connectivity index (χ4v) is 2.41. The highest BCUT2D eigenvalue weighted by Gasteiger charge is 2.06. The zero-order chi connectivity index (χ0) is 19.9. The van der Waals surface area contributed by atoms with Crippen LogP contribution in [0.1, 0.15) is 27.0 Å². The number of nitrogens with zero attached hydrogens (tertiary/aromatic N) is 4. The average Bonchev–Trinajstić information content (AvgIpc) is 2.73. The first-order valence-corrected chi connectivity index (χ1v) is 8.43. The monoisotopic (exact) mass is 365 g/mol. The van der Waals surface area contributed by atoms with Gasteiger partial charge in [0.25, 0.3) is 5.91 Å². The van der Waals surface area contributed by atoms with E-state index in [4.69, 9.17) is 10.5 Å². The number of rotatable bonds is 4. The van der Waals surface area contributed by atoms with Gasteiger partial charge in [0, 0.05) is 11.3 Å². The topological polar surface area (TPSA) is 101 Å². The summed E-state index contributed by atoms with van der Waals surface area (Å²) in [5.74, 6) is -0.189. The number of aryl methyl sites for hydroxylation is 1. The molecule has 0 aliphatic heterocycles. The van der Waals surface area contributed by atoms with E-state index in [1.165, 1.54) is 6.07 Å². The van der Waals surface area contributed by atoms with Crippen LogP contribution >= 0.6 is 0 Å². The Kier molecular flexibility index (Phi) is 5.55. The first-order chi connectivity index (χ1) is 13.6. The molecule has 0 fully saturated rings. The standard InChI is InChI=1S/C22H15N5O/c1-15-2-5-17(6-3-15)22(28)25-19-7-9-20(10-8-19)26-27-21-11-4-16(13-23)12-18(21)14-24/h2-12H,1H3,(H,25,28). The summed E-state index contributed by atoms with van der Waals surface area (Å²) in [6, 6.07) is 22.8. The second-order valence-corrected chi connectivity index (χ2v) is 6.02. The van der Waals surface area contributed by atoms with Crippen LogP contribution in [0.4, 0.5) is 17.1 Å². The largest absolute Gasteiger partial charge is 0.322 e. The molecule has 6 heteroatoms. The van der Waals surface area contributed by atoms with E-state index < -0.39 is 0 Å². The summed E-state index contributed by atoms with van der Waals surface area (Å²) < 4.78 is 0. The minimum Gasteiger partial charge on any atom is -0.322 e. The third-order valence-electron chi connectivity index (χ3n) is 3.96. The lowest BCUT2D eigenvalue weighted by Gasteiger charge is -2.05. The summed E-state index contributed by atoms with van der Waals surface area (Å²) in [6.45, 7) is 1.96. The molecule has 1 amide bonds. The van der Waals surface area contributed by atoms with Crippen LogP contribution in [0.3, 0.4) is 0 Å². The van der Waals surface area contributed by atoms with E-state index in [1.807, 2.05) is 31.2 Å². The highest BCUT2D eigenvalue weighted by atomic mass is 16.1. The molecule has 3 rings (SSSR count). The number of carbonyl (C=O) groups is 1. The van der Waals surface area contributed by atoms with Crippen LogP contribution in [-0.2, 0) is 0 Å². The molecule has 0 heterocycles. The second-order valence-electron chi connectivity index (χ2n) is 6.02. The van der Waals surface area contributed by atoms with Gasteiger partial charge in [0.1, 0.15) is 11.8 Å². The number of benzene rings is 3. The Hall–Kier alpha value is -4.29. The predicted molar refractivity (Wildman–Crippen MR) is 106 cm³/mol. The SMILES string of the molecule is Cc1ccc(C(=O)Nc2ccc(N=Nc3ccc(C#N)cc3C#N)cc2)cc1. The Balaban J connectivity index is 1.70. The van der Waals surface area contributed by atoms with Crippen molar-refractivity contribution in [1.29, 1.82) is 10.5 Å². The molecule has 134 valence electrons. The zero-order valence-corrected chi connectivity index (χ0v) is 15.0. The normalized spacial score (nSPS) is 10.2. The van der Waals surface area contributed by atoms with Crippen LogP contribution in [0.5, 0.6) is 0 Å². The van der Waals surface area contributed by atoms with Gasteiger partial charge >= 0.3 is 0 Å². The maximum Gasteiger partial charge on any atom is 0.255 e. The molecule has 0 unspecified atom stereocenters. The van der Waals surface area contributed by atoms with Gasteiger partial charge in [-0.3, -0.25) is 4.79 Å². The summed E-state index contributed by atoms with van der Waals surface area (Å²) in [7, 11) is 0. The zero-order valence-electron chi connectivity index (χ0n) is 15.0. The van der Waals surface area contributed by atoms with E-state index in [9.17, 15) is 4.79 Å². The molecule has 0 saturated heterocycles. The average molecular weight is 365 g/mol. The molecular weight excluding hydrogens is 350 g/mol. The summed E-state index contributed by atoms with van der Waals surface area (Å²) >= 11 is 0. The molecule has 1 N–H and O–H groups in total. The Morgan fingerprint density at radius 1 is 0.893 bits per heavy atom. The fraction of sp³-hybridized carbons (Fsp3) is 0.0455. The van der Waals surface area contributed by atoms with Crippen molar-refractivity contribution in [2.24, 2.45) is 10.2 Å². The van der Waals surface area contributed by atoms with Crippen molar-refractivity contribution in [3.63, 3.8) is 0 Å². The lowest BCUT2D eigenvalue weighted by molar-refractivity contribution is 0.102. The fourth-order valence-electron chi connectivity index (χ4n) is 2.41. The molecule has 0 aliphatic rings. The van der Waals surface area contributed by atoms with E-state index in [0.717, 1.165) is 5.56 Å². The number of carbonyl (C=O) groups excluding carboxylic acids is 1. The predicted octanol–water partition coefficient (Wildman–Crippen LogP) is 5.41. The van der Waals surface area contributed by atoms with Crippen LogP contribution in [0, 0.1) is 29.6 Å². The van der Waals surface area contributed by atoms with Crippen molar-refractivity contribution < 1.29 is 4.79 Å². The molecule has 0 aliphatic carbocycles. The summed E-state index contributed by atoms with van der Waals surface area (Å²) in [5.41, 5.74) is 3.95. The van der Waals surface area contributed by atoms with Crippen LogP contribution in [0.25, 0.3) is 0 Å². The number of nitrogens with one attached hydrogen (secondary N) is 1. The van der Waals surface area contributed by atoms with Gasteiger partial charge in [-0.2, -0.15) is 15.6 Å². The maximum atomic E-state index is 12.2. The van der Waals surface area contributed by atoms with Gasteiger partial charge in [0.05, 0.1) is 22.9 Å². The van der Waals surface area contributed by atoms with Gasteiger partial charge < -0.3 is 5.32 Å². The van der Waals surface area contributed by atoms with Crippen molar-refractivity contribution >= 4 is 23.0 Å². The summed E-state index contributed by atoms with van der Waals surface area (Å²) in [5, 5.41) is 29.1. The molecule has 0 spiro atoms. The molecule has 28 heavy (non-hydrogen) atoms. The minimum absolute atomic E-state index is 0.189. The molecule has 0 aromatic heterocycles. The molecule has 3 aromatic carbocycles. The van der Waals surface area contributed by atoms with Crippen molar-refractivity contribution in [3.05, 3.63) is 89.0 Å². The van der Waals surface area contributed by atoms with Gasteiger partial charge in [-0.25, -0.2) is 0 Å². The van der Waals surface area contributed by atoms with Crippen molar-refractivity contribution in [1.82, 2.24) is 0 Å². The van der Waals surface area contributed by atoms with Gasteiger partial charge in [-0.15, -0.1) is 5.11 Å². The van der Waals surface area contributed by atoms with Crippen molar-refractivity contribution in [2.45, 2.75) is 6.92 Å². The van der Waals surface area contributed by atoms with Gasteiger partial charge in [0.2, 0.25) is 0 Å². The van der Waals surface area contributed by atoms with Crippen LogP contribution in [0.15, 0.2) is 77.0 Å². The summed E-state index contributed by atoms with van der Waals surface area (Å²) in [4.78, 5) is 12.2. The van der Waals surface area contributed by atoms with Crippen LogP contribution in [0.2, 0.25) is 0 Å². The number of hydrogen-bond acceptors (Lipinski definition) is 5. The Morgan fingerprint density at radius 3 is 2.25 bits per heavy atom. The lowest BCUT2D eigenvalue weighted by atomic mass is 10.1. The van der Waals surface area contributed by atoms with Gasteiger partial charge in [-0.05, 0) is 61.5 Å². The smallest absolute Gasteiger partial charge is 0.255 e. The van der Waals surface area contributed by atoms with E-state index in [2.05, 4.69) is 15.5 Å². The quantitative estimate of drug-likeness (QED) is 0.626. The number of hydrogen-bond donors (Lipinski definition) is 1. The highest BCUT2D eigenvalue weighted by Crippen LogP contribution is 2.24. The molecule has 0 radical (unpaired) electrons. The second kappa shape index (κ2) is 8.39. The first-order valence-electron chi connectivity index (χ1n) is 8.43. The van der Waals surface area contributed by atoms with Crippen LogP contribution < -0.4 is 5.32 Å².